The fourth-order valence-corrected chi connectivity index (χ4v) is 7.00. The lowest BCUT2D eigenvalue weighted by Crippen LogP contribution is -2.54. The Bertz CT molecular complexity index is 1190. The summed E-state index contributed by atoms with van der Waals surface area (Å²) in [5.74, 6) is 2.01. The fourth-order valence-electron chi connectivity index (χ4n) is 7.00. The smallest absolute Gasteiger partial charge is 0.239 e. The van der Waals surface area contributed by atoms with Crippen LogP contribution in [0, 0.1) is 23.2 Å². The molecule has 0 atom stereocenters. The summed E-state index contributed by atoms with van der Waals surface area (Å²) in [5, 5.41) is 10.7. The highest BCUT2D eigenvalue weighted by molar-refractivity contribution is 5.88. The minimum absolute atomic E-state index is 0.0119. The lowest BCUT2D eigenvalue weighted by Gasteiger charge is -2.55. The number of nitrogens with zero attached hydrogens (tertiary/aromatic N) is 3. The largest absolute Gasteiger partial charge is 0.350 e. The number of hydrogen-bond acceptors (Lipinski definition) is 4. The van der Waals surface area contributed by atoms with Gasteiger partial charge in [0, 0.05) is 41.7 Å². The molecule has 4 aliphatic carbocycles. The van der Waals surface area contributed by atoms with Crippen molar-refractivity contribution in [3.63, 3.8) is 0 Å². The molecule has 3 aromatic rings. The predicted octanol–water partition coefficient (Wildman–Crippen LogP) is 3.88. The van der Waals surface area contributed by atoms with Gasteiger partial charge in [-0.3, -0.25) is 14.6 Å². The molecule has 0 saturated heterocycles. The normalized spacial score (nSPS) is 26.5. The molecule has 2 amide bonds. The van der Waals surface area contributed by atoms with E-state index in [0.717, 1.165) is 41.8 Å². The first kappa shape index (κ1) is 22.0. The number of benzene rings is 1. The van der Waals surface area contributed by atoms with Gasteiger partial charge >= 0.3 is 0 Å². The van der Waals surface area contributed by atoms with E-state index in [1.807, 2.05) is 53.3 Å². The maximum Gasteiger partial charge on any atom is 0.239 e. The first-order chi connectivity index (χ1) is 17.1. The molecule has 4 bridgehead atoms. The number of carbonyl (C=O) groups excluding carboxylic acids is 2. The Morgan fingerprint density at radius 2 is 1.57 bits per heavy atom. The monoisotopic (exact) mass is 469 g/mol. The SMILES string of the molecule is O=C(CNC(=O)C12CC3CC(CC(C3)C1)C2)NCc1cn(-c2ccccc2)nc1-c1ccncc1. The first-order valence-electron chi connectivity index (χ1n) is 12.7. The van der Waals surface area contributed by atoms with E-state index in [-0.39, 0.29) is 23.8 Å². The Balaban J connectivity index is 1.11. The van der Waals surface area contributed by atoms with E-state index in [4.69, 9.17) is 5.10 Å². The summed E-state index contributed by atoms with van der Waals surface area (Å²) in [7, 11) is 0. The van der Waals surface area contributed by atoms with Crippen LogP contribution in [0.4, 0.5) is 0 Å². The Kier molecular flexibility index (Phi) is 5.63. The summed E-state index contributed by atoms with van der Waals surface area (Å²) in [6.45, 7) is 0.342. The Hall–Kier alpha value is -3.48. The van der Waals surface area contributed by atoms with E-state index < -0.39 is 0 Å². The second-order valence-electron chi connectivity index (χ2n) is 10.7. The zero-order chi connectivity index (χ0) is 23.8. The molecule has 35 heavy (non-hydrogen) atoms. The van der Waals surface area contributed by atoms with Crippen LogP contribution in [0.3, 0.4) is 0 Å². The molecule has 0 aliphatic heterocycles. The predicted molar refractivity (Wildman–Crippen MR) is 132 cm³/mol. The van der Waals surface area contributed by atoms with Gasteiger partial charge in [-0.2, -0.15) is 5.10 Å². The summed E-state index contributed by atoms with van der Waals surface area (Å²) in [6.07, 6.45) is 12.3. The average molecular weight is 470 g/mol. The number of para-hydroxylation sites is 1. The van der Waals surface area contributed by atoms with Crippen LogP contribution in [0.1, 0.15) is 44.1 Å². The van der Waals surface area contributed by atoms with Gasteiger partial charge in [0.1, 0.15) is 0 Å². The molecule has 7 rings (SSSR count). The van der Waals surface area contributed by atoms with Crippen molar-refractivity contribution in [2.24, 2.45) is 23.2 Å². The van der Waals surface area contributed by atoms with Crippen LogP contribution in [0.25, 0.3) is 16.9 Å². The molecule has 1 aromatic carbocycles. The second-order valence-corrected chi connectivity index (χ2v) is 10.7. The first-order valence-corrected chi connectivity index (χ1v) is 12.7. The second kappa shape index (κ2) is 8.95. The van der Waals surface area contributed by atoms with E-state index in [9.17, 15) is 9.59 Å². The van der Waals surface area contributed by atoms with Crippen LogP contribution in [-0.4, -0.2) is 33.1 Å². The van der Waals surface area contributed by atoms with Gasteiger partial charge in [0.2, 0.25) is 11.8 Å². The van der Waals surface area contributed by atoms with Crippen molar-refractivity contribution in [3.8, 4) is 16.9 Å². The van der Waals surface area contributed by atoms with Gasteiger partial charge in [-0.05, 0) is 80.5 Å². The van der Waals surface area contributed by atoms with Gasteiger partial charge in [-0.15, -0.1) is 0 Å². The third kappa shape index (κ3) is 4.35. The highest BCUT2D eigenvalue weighted by Gasteiger charge is 2.54. The molecule has 0 spiro atoms. The van der Waals surface area contributed by atoms with Crippen LogP contribution in [-0.2, 0) is 16.1 Å². The summed E-state index contributed by atoms with van der Waals surface area (Å²) in [5.41, 5.74) is 3.35. The lowest BCUT2D eigenvalue weighted by molar-refractivity contribution is -0.147. The van der Waals surface area contributed by atoms with Crippen LogP contribution in [0.5, 0.6) is 0 Å². The van der Waals surface area contributed by atoms with Gasteiger partial charge in [0.05, 0.1) is 17.9 Å². The molecule has 0 radical (unpaired) electrons. The Labute approximate surface area is 205 Å². The molecule has 180 valence electrons. The molecular weight excluding hydrogens is 438 g/mol. The zero-order valence-corrected chi connectivity index (χ0v) is 19.8. The van der Waals surface area contributed by atoms with Crippen molar-refractivity contribution in [2.75, 3.05) is 6.54 Å². The third-order valence-corrected chi connectivity index (χ3v) is 8.17. The van der Waals surface area contributed by atoms with Crippen molar-refractivity contribution in [3.05, 3.63) is 66.6 Å². The molecule has 4 saturated carbocycles. The summed E-state index contributed by atoms with van der Waals surface area (Å²) < 4.78 is 1.83. The number of carbonyl (C=O) groups is 2. The standard InChI is InChI=1S/C28H31N5O2/c34-25(17-31-27(35)28-13-19-10-20(14-28)12-21(11-19)15-28)30-16-23-18-33(24-4-2-1-3-5-24)32-26(23)22-6-8-29-9-7-22/h1-9,18-21H,10-17H2,(H,30,34)(H,31,35). The van der Waals surface area contributed by atoms with Crippen LogP contribution >= 0.6 is 0 Å². The molecular formula is C28H31N5O2. The third-order valence-electron chi connectivity index (χ3n) is 8.17. The lowest BCUT2D eigenvalue weighted by atomic mass is 9.49. The number of pyridine rings is 1. The van der Waals surface area contributed by atoms with Crippen molar-refractivity contribution < 1.29 is 9.59 Å². The number of amides is 2. The van der Waals surface area contributed by atoms with Crippen molar-refractivity contribution in [1.82, 2.24) is 25.4 Å². The number of rotatable bonds is 7. The molecule has 7 nitrogen and oxygen atoms in total. The number of nitrogens with one attached hydrogen (secondary N) is 2. The van der Waals surface area contributed by atoms with Crippen LogP contribution in [0.15, 0.2) is 61.1 Å². The highest BCUT2D eigenvalue weighted by Crippen LogP contribution is 2.60. The summed E-state index contributed by atoms with van der Waals surface area (Å²) in [4.78, 5) is 30.0. The van der Waals surface area contributed by atoms with E-state index in [1.165, 1.54) is 19.3 Å². The quantitative estimate of drug-likeness (QED) is 0.550. The number of hydrogen-bond donors (Lipinski definition) is 2. The zero-order valence-electron chi connectivity index (χ0n) is 19.8. The molecule has 2 N–H and O–H groups in total. The topological polar surface area (TPSA) is 88.9 Å². The maximum absolute atomic E-state index is 13.2. The van der Waals surface area contributed by atoms with E-state index in [0.29, 0.717) is 24.3 Å². The van der Waals surface area contributed by atoms with E-state index in [2.05, 4.69) is 15.6 Å². The van der Waals surface area contributed by atoms with Gasteiger partial charge in [0.15, 0.2) is 0 Å². The molecule has 4 fully saturated rings. The molecule has 7 heteroatoms. The highest BCUT2D eigenvalue weighted by atomic mass is 16.2. The van der Waals surface area contributed by atoms with Gasteiger partial charge in [0.25, 0.3) is 0 Å². The summed E-state index contributed by atoms with van der Waals surface area (Å²) in [6, 6.07) is 13.7. The average Bonchev–Trinajstić information content (AvgIpc) is 3.31. The minimum atomic E-state index is -0.236. The molecule has 2 aromatic heterocycles. The number of aromatic nitrogens is 3. The molecule has 0 unspecified atom stereocenters. The minimum Gasteiger partial charge on any atom is -0.350 e. The van der Waals surface area contributed by atoms with E-state index >= 15 is 0 Å². The maximum atomic E-state index is 13.2. The van der Waals surface area contributed by atoms with Gasteiger partial charge in [-0.1, -0.05) is 18.2 Å². The Morgan fingerprint density at radius 1 is 0.914 bits per heavy atom. The van der Waals surface area contributed by atoms with Crippen molar-refractivity contribution >= 4 is 11.8 Å². The Morgan fingerprint density at radius 3 is 2.23 bits per heavy atom. The van der Waals surface area contributed by atoms with E-state index in [1.54, 1.807) is 12.4 Å². The molecule has 2 heterocycles. The van der Waals surface area contributed by atoms with Crippen LogP contribution in [0.2, 0.25) is 0 Å². The van der Waals surface area contributed by atoms with Crippen molar-refractivity contribution in [1.29, 1.82) is 0 Å². The van der Waals surface area contributed by atoms with Gasteiger partial charge < -0.3 is 10.6 Å². The fraction of sp³-hybridized carbons (Fsp3) is 0.429. The van der Waals surface area contributed by atoms with Crippen LogP contribution < -0.4 is 10.6 Å². The summed E-state index contributed by atoms with van der Waals surface area (Å²) >= 11 is 0. The molecule has 4 aliphatic rings. The van der Waals surface area contributed by atoms with Gasteiger partial charge in [-0.25, -0.2) is 4.68 Å². The van der Waals surface area contributed by atoms with Crippen molar-refractivity contribution in [2.45, 2.75) is 45.1 Å².